The molecule has 3 N–H and O–H groups in total. The number of hydrogen-bond acceptors (Lipinski definition) is 2. The maximum Gasteiger partial charge on any atom is 0.151 e. The first kappa shape index (κ1) is 9.90. The van der Waals surface area contributed by atoms with Crippen LogP contribution in [0.5, 0.6) is 0 Å². The fourth-order valence-electron chi connectivity index (χ4n) is 1.90. The predicted octanol–water partition coefficient (Wildman–Crippen LogP) is 2.58. The molecule has 12 heavy (non-hydrogen) atoms. The lowest BCUT2D eigenvalue weighted by atomic mass is 9.87. The van der Waals surface area contributed by atoms with E-state index in [0.717, 1.165) is 5.92 Å². The third-order valence-corrected chi connectivity index (χ3v) is 3.62. The molecule has 0 spiro atoms. The number of rotatable bonds is 2. The average molecular weight is 186 g/mol. The highest BCUT2D eigenvalue weighted by atomic mass is 32.2. The minimum absolute atomic E-state index is 0.289. The molecule has 0 aromatic carbocycles. The predicted molar refractivity (Wildman–Crippen MR) is 55.5 cm³/mol. The number of thioether (sulfide) groups is 1. The molecule has 2 atom stereocenters. The van der Waals surface area contributed by atoms with Gasteiger partial charge in [0, 0.05) is 5.25 Å². The fraction of sp³-hybridized carbons (Fsp3) is 0.889. The Kier molecular flexibility index (Phi) is 3.92. The van der Waals surface area contributed by atoms with Gasteiger partial charge in [0.1, 0.15) is 0 Å². The molecule has 1 saturated carbocycles. The Morgan fingerprint density at radius 2 is 2.33 bits per heavy atom. The van der Waals surface area contributed by atoms with E-state index in [9.17, 15) is 0 Å². The summed E-state index contributed by atoms with van der Waals surface area (Å²) in [5.41, 5.74) is 5.36. The molecule has 1 fully saturated rings. The highest BCUT2D eigenvalue weighted by Crippen LogP contribution is 2.33. The van der Waals surface area contributed by atoms with Crippen molar-refractivity contribution in [1.82, 2.24) is 0 Å². The number of amidine groups is 1. The largest absolute Gasteiger partial charge is 0.379 e. The van der Waals surface area contributed by atoms with Gasteiger partial charge in [0.05, 0.1) is 0 Å². The van der Waals surface area contributed by atoms with Crippen LogP contribution >= 0.6 is 11.8 Å². The molecule has 0 aromatic heterocycles. The molecule has 0 aromatic rings. The van der Waals surface area contributed by atoms with E-state index in [0.29, 0.717) is 5.25 Å². The summed E-state index contributed by atoms with van der Waals surface area (Å²) in [6, 6.07) is 0. The van der Waals surface area contributed by atoms with E-state index in [2.05, 4.69) is 6.92 Å². The number of hydrogen-bond donors (Lipinski definition) is 2. The van der Waals surface area contributed by atoms with E-state index in [1.165, 1.54) is 32.1 Å². The third kappa shape index (κ3) is 3.05. The molecule has 0 amide bonds. The third-order valence-electron chi connectivity index (χ3n) is 2.61. The van der Waals surface area contributed by atoms with Crippen LogP contribution in [0.25, 0.3) is 0 Å². The van der Waals surface area contributed by atoms with Gasteiger partial charge >= 0.3 is 0 Å². The minimum Gasteiger partial charge on any atom is -0.379 e. The van der Waals surface area contributed by atoms with E-state index in [-0.39, 0.29) is 5.17 Å². The van der Waals surface area contributed by atoms with Crippen molar-refractivity contribution in [1.29, 1.82) is 5.41 Å². The smallest absolute Gasteiger partial charge is 0.151 e. The standard InChI is InChI=1S/C9H18N2S/c1-2-7-4-3-5-8(6-7)12-9(10)11/h7-8H,2-6H2,1H3,(H3,10,11). The Bertz CT molecular complexity index is 159. The Hall–Kier alpha value is -0.180. The normalized spacial score (nSPS) is 30.1. The van der Waals surface area contributed by atoms with Crippen LogP contribution < -0.4 is 5.73 Å². The monoisotopic (exact) mass is 186 g/mol. The quantitative estimate of drug-likeness (QED) is 0.514. The molecule has 0 heterocycles. The maximum atomic E-state index is 7.19. The van der Waals surface area contributed by atoms with Gasteiger partial charge in [-0.1, -0.05) is 37.9 Å². The maximum absolute atomic E-state index is 7.19. The lowest BCUT2D eigenvalue weighted by molar-refractivity contribution is 0.358. The van der Waals surface area contributed by atoms with E-state index in [1.807, 2.05) is 0 Å². The molecule has 0 radical (unpaired) electrons. The lowest BCUT2D eigenvalue weighted by Gasteiger charge is -2.27. The van der Waals surface area contributed by atoms with E-state index >= 15 is 0 Å². The molecule has 0 bridgehead atoms. The van der Waals surface area contributed by atoms with Gasteiger partial charge in [0.25, 0.3) is 0 Å². The minimum atomic E-state index is 0.289. The van der Waals surface area contributed by atoms with Crippen molar-refractivity contribution in [2.24, 2.45) is 11.7 Å². The second-order valence-corrected chi connectivity index (χ2v) is 4.89. The Morgan fingerprint density at radius 3 is 2.92 bits per heavy atom. The number of nitrogens with one attached hydrogen (secondary N) is 1. The van der Waals surface area contributed by atoms with Gasteiger partial charge in [-0.25, -0.2) is 0 Å². The summed E-state index contributed by atoms with van der Waals surface area (Å²) in [6.07, 6.45) is 6.51. The van der Waals surface area contributed by atoms with Gasteiger partial charge in [-0.15, -0.1) is 0 Å². The van der Waals surface area contributed by atoms with E-state index in [1.54, 1.807) is 11.8 Å². The van der Waals surface area contributed by atoms with Gasteiger partial charge in [-0.3, -0.25) is 5.41 Å². The summed E-state index contributed by atoms with van der Waals surface area (Å²) in [5.74, 6) is 0.885. The Labute approximate surface area is 78.8 Å². The topological polar surface area (TPSA) is 49.9 Å². The summed E-state index contributed by atoms with van der Waals surface area (Å²) < 4.78 is 0. The second-order valence-electron chi connectivity index (χ2n) is 3.54. The van der Waals surface area contributed by atoms with Crippen molar-refractivity contribution < 1.29 is 0 Å². The van der Waals surface area contributed by atoms with Crippen LogP contribution in [0.3, 0.4) is 0 Å². The summed E-state index contributed by atoms with van der Waals surface area (Å²) in [5, 5.41) is 8.11. The first-order valence-corrected chi connectivity index (χ1v) is 5.61. The zero-order chi connectivity index (χ0) is 8.97. The van der Waals surface area contributed by atoms with Crippen LogP contribution in [-0.2, 0) is 0 Å². The first-order valence-electron chi connectivity index (χ1n) is 4.73. The zero-order valence-electron chi connectivity index (χ0n) is 7.68. The SMILES string of the molecule is CCC1CCCC(SC(=N)N)C1. The average Bonchev–Trinajstić information content (AvgIpc) is 2.03. The van der Waals surface area contributed by atoms with Crippen LogP contribution in [0, 0.1) is 11.3 Å². The van der Waals surface area contributed by atoms with Crippen molar-refractivity contribution in [3.8, 4) is 0 Å². The van der Waals surface area contributed by atoms with Crippen molar-refractivity contribution in [2.45, 2.75) is 44.3 Å². The van der Waals surface area contributed by atoms with Crippen molar-refractivity contribution in [3.63, 3.8) is 0 Å². The Morgan fingerprint density at radius 1 is 1.58 bits per heavy atom. The molecule has 70 valence electrons. The Balaban J connectivity index is 2.30. The molecule has 2 unspecified atom stereocenters. The van der Waals surface area contributed by atoms with Crippen LogP contribution in [-0.4, -0.2) is 10.4 Å². The molecule has 0 saturated heterocycles. The van der Waals surface area contributed by atoms with E-state index in [4.69, 9.17) is 11.1 Å². The van der Waals surface area contributed by atoms with Crippen LogP contribution in [0.1, 0.15) is 39.0 Å². The van der Waals surface area contributed by atoms with Crippen molar-refractivity contribution in [2.75, 3.05) is 0 Å². The summed E-state index contributed by atoms with van der Waals surface area (Å²) in [4.78, 5) is 0. The summed E-state index contributed by atoms with van der Waals surface area (Å²) in [7, 11) is 0. The highest BCUT2D eigenvalue weighted by Gasteiger charge is 2.21. The molecule has 2 nitrogen and oxygen atoms in total. The lowest BCUT2D eigenvalue weighted by Crippen LogP contribution is -2.20. The molecular formula is C9H18N2S. The van der Waals surface area contributed by atoms with Crippen LogP contribution in [0.15, 0.2) is 0 Å². The van der Waals surface area contributed by atoms with Gasteiger partial charge < -0.3 is 5.73 Å². The van der Waals surface area contributed by atoms with Gasteiger partial charge in [-0.05, 0) is 18.8 Å². The highest BCUT2D eigenvalue weighted by molar-refractivity contribution is 8.14. The summed E-state index contributed by atoms with van der Waals surface area (Å²) in [6.45, 7) is 2.26. The fourth-order valence-corrected chi connectivity index (χ4v) is 2.91. The van der Waals surface area contributed by atoms with Crippen LogP contribution in [0.4, 0.5) is 0 Å². The summed E-state index contributed by atoms with van der Waals surface area (Å²) >= 11 is 1.56. The first-order chi connectivity index (χ1) is 5.72. The van der Waals surface area contributed by atoms with Crippen molar-refractivity contribution in [3.05, 3.63) is 0 Å². The number of nitrogens with two attached hydrogens (primary N) is 1. The molecule has 1 aliphatic rings. The van der Waals surface area contributed by atoms with E-state index < -0.39 is 0 Å². The molecular weight excluding hydrogens is 168 g/mol. The molecule has 0 aliphatic heterocycles. The van der Waals surface area contributed by atoms with Gasteiger partial charge in [0.15, 0.2) is 5.17 Å². The van der Waals surface area contributed by atoms with Gasteiger partial charge in [0.2, 0.25) is 0 Å². The second kappa shape index (κ2) is 4.75. The van der Waals surface area contributed by atoms with Gasteiger partial charge in [-0.2, -0.15) is 0 Å². The molecule has 1 rings (SSSR count). The van der Waals surface area contributed by atoms with Crippen LogP contribution in [0.2, 0.25) is 0 Å². The molecule has 3 heteroatoms. The zero-order valence-corrected chi connectivity index (χ0v) is 8.49. The molecule has 1 aliphatic carbocycles. The van der Waals surface area contributed by atoms with Crippen molar-refractivity contribution >= 4 is 16.9 Å².